The fourth-order valence-corrected chi connectivity index (χ4v) is 2.06. The number of hydrogen-bond acceptors (Lipinski definition) is 1. The first-order chi connectivity index (χ1) is 9.76. The normalized spacial score (nSPS) is 11.8. The van der Waals surface area contributed by atoms with Gasteiger partial charge in [0, 0.05) is 16.1 Å². The number of ether oxygens (including phenoxy) is 1. The van der Waals surface area contributed by atoms with E-state index in [1.165, 1.54) is 24.3 Å². The van der Waals surface area contributed by atoms with Gasteiger partial charge in [0.1, 0.15) is 5.75 Å². The predicted molar refractivity (Wildman–Crippen MR) is 68.5 cm³/mol. The third-order valence-electron chi connectivity index (χ3n) is 2.62. The summed E-state index contributed by atoms with van der Waals surface area (Å²) < 4.78 is 65.4. The minimum atomic E-state index is -4.80. The van der Waals surface area contributed by atoms with Crippen molar-refractivity contribution in [3.63, 3.8) is 0 Å². The van der Waals surface area contributed by atoms with Gasteiger partial charge in [-0.1, -0.05) is 35.9 Å². The molecule has 2 rings (SSSR count). The van der Waals surface area contributed by atoms with Crippen LogP contribution in [0.1, 0.15) is 12.0 Å². The van der Waals surface area contributed by atoms with E-state index in [4.69, 9.17) is 11.6 Å². The zero-order valence-electron chi connectivity index (χ0n) is 10.3. The van der Waals surface area contributed by atoms with Gasteiger partial charge in [-0.25, -0.2) is 8.78 Å². The highest BCUT2D eigenvalue weighted by molar-refractivity contribution is 6.33. The van der Waals surface area contributed by atoms with Gasteiger partial charge in [0.2, 0.25) is 0 Å². The van der Waals surface area contributed by atoms with E-state index in [-0.39, 0.29) is 10.6 Å². The van der Waals surface area contributed by atoms with E-state index in [9.17, 15) is 22.0 Å². The van der Waals surface area contributed by atoms with Gasteiger partial charge >= 0.3 is 6.36 Å². The molecule has 0 atom stereocenters. The van der Waals surface area contributed by atoms with Crippen LogP contribution < -0.4 is 4.74 Å². The van der Waals surface area contributed by atoms with Crippen LogP contribution in [0.4, 0.5) is 22.0 Å². The van der Waals surface area contributed by atoms with Gasteiger partial charge in [-0.2, -0.15) is 0 Å². The van der Waals surface area contributed by atoms with Gasteiger partial charge in [-0.05, 0) is 23.8 Å². The Morgan fingerprint density at radius 2 is 1.71 bits per heavy atom. The highest BCUT2D eigenvalue weighted by atomic mass is 35.5. The summed E-state index contributed by atoms with van der Waals surface area (Å²) in [6, 6.07) is 8.72. The Morgan fingerprint density at radius 1 is 1.00 bits per heavy atom. The Kier molecular flexibility index (Phi) is 4.37. The Morgan fingerprint density at radius 3 is 2.29 bits per heavy atom. The van der Waals surface area contributed by atoms with Crippen LogP contribution in [0.15, 0.2) is 42.5 Å². The Labute approximate surface area is 121 Å². The predicted octanol–water partition coefficient (Wildman–Crippen LogP) is 5.84. The molecule has 21 heavy (non-hydrogen) atoms. The first-order valence-corrected chi connectivity index (χ1v) is 6.08. The van der Waals surface area contributed by atoms with Crippen molar-refractivity contribution in [2.24, 2.45) is 0 Å². The first-order valence-electron chi connectivity index (χ1n) is 5.70. The molecule has 7 heteroatoms. The van der Waals surface area contributed by atoms with Gasteiger partial charge in [-0.3, -0.25) is 0 Å². The van der Waals surface area contributed by atoms with Crippen LogP contribution in [0.2, 0.25) is 5.02 Å². The van der Waals surface area contributed by atoms with Crippen molar-refractivity contribution in [3.8, 4) is 16.9 Å². The smallest absolute Gasteiger partial charge is 0.406 e. The summed E-state index contributed by atoms with van der Waals surface area (Å²) in [5, 5.41) is 0.0250. The van der Waals surface area contributed by atoms with Crippen LogP contribution in [-0.4, -0.2) is 6.36 Å². The molecule has 2 aromatic carbocycles. The molecule has 0 saturated carbocycles. The highest BCUT2D eigenvalue weighted by Gasteiger charge is 2.31. The average molecular weight is 323 g/mol. The monoisotopic (exact) mass is 322 g/mol. The Hall–Kier alpha value is -1.82. The van der Waals surface area contributed by atoms with E-state index >= 15 is 0 Å². The zero-order valence-corrected chi connectivity index (χ0v) is 11.1. The lowest BCUT2D eigenvalue weighted by Crippen LogP contribution is -2.17. The van der Waals surface area contributed by atoms with E-state index in [1.54, 1.807) is 0 Å². The second-order valence-electron chi connectivity index (χ2n) is 4.12. The lowest BCUT2D eigenvalue weighted by Gasteiger charge is -2.11. The molecule has 0 amide bonds. The van der Waals surface area contributed by atoms with Crippen LogP contribution in [0, 0.1) is 0 Å². The first kappa shape index (κ1) is 15.6. The summed E-state index contributed by atoms with van der Waals surface area (Å²) in [5.74, 6) is -0.408. The molecule has 0 fully saturated rings. The van der Waals surface area contributed by atoms with Crippen LogP contribution in [0.5, 0.6) is 5.75 Å². The fraction of sp³-hybridized carbons (Fsp3) is 0.143. The van der Waals surface area contributed by atoms with Crippen LogP contribution >= 0.6 is 11.6 Å². The minimum absolute atomic E-state index is 0.0250. The van der Waals surface area contributed by atoms with Gasteiger partial charge in [0.15, 0.2) is 0 Å². The molecule has 0 aliphatic carbocycles. The molecular weight excluding hydrogens is 315 g/mol. The zero-order chi connectivity index (χ0) is 15.6. The summed E-state index contributed by atoms with van der Waals surface area (Å²) >= 11 is 5.90. The molecule has 0 aromatic heterocycles. The number of halogens is 6. The quantitative estimate of drug-likeness (QED) is 0.645. The molecule has 112 valence electrons. The SMILES string of the molecule is FC(F)c1ccc(-c2cccc(OC(F)(F)F)c2)c(Cl)c1. The summed E-state index contributed by atoms with van der Waals surface area (Å²) in [5.41, 5.74) is 0.419. The number of alkyl halides is 5. The molecule has 0 aliphatic heterocycles. The number of benzene rings is 2. The average Bonchev–Trinajstić information content (AvgIpc) is 2.36. The number of rotatable bonds is 3. The van der Waals surface area contributed by atoms with Gasteiger partial charge in [0.25, 0.3) is 6.43 Å². The maximum absolute atomic E-state index is 12.5. The fourth-order valence-electron chi connectivity index (χ4n) is 1.76. The molecule has 1 nitrogen and oxygen atoms in total. The van der Waals surface area contributed by atoms with E-state index in [2.05, 4.69) is 4.74 Å². The van der Waals surface area contributed by atoms with Crippen LogP contribution in [-0.2, 0) is 0 Å². The Bertz CT molecular complexity index is 640. The van der Waals surface area contributed by atoms with Crippen molar-refractivity contribution in [3.05, 3.63) is 53.1 Å². The van der Waals surface area contributed by atoms with Crippen molar-refractivity contribution in [1.29, 1.82) is 0 Å². The van der Waals surface area contributed by atoms with E-state index in [0.717, 1.165) is 18.2 Å². The minimum Gasteiger partial charge on any atom is -0.406 e. The second-order valence-corrected chi connectivity index (χ2v) is 4.52. The summed E-state index contributed by atoms with van der Waals surface area (Å²) in [7, 11) is 0. The largest absolute Gasteiger partial charge is 0.573 e. The van der Waals surface area contributed by atoms with E-state index in [1.807, 2.05) is 0 Å². The van der Waals surface area contributed by atoms with Crippen molar-refractivity contribution < 1.29 is 26.7 Å². The molecule has 0 bridgehead atoms. The van der Waals surface area contributed by atoms with Gasteiger partial charge in [0.05, 0.1) is 0 Å². The molecule has 0 heterocycles. The van der Waals surface area contributed by atoms with Crippen molar-refractivity contribution in [2.75, 3.05) is 0 Å². The molecule has 2 aromatic rings. The third-order valence-corrected chi connectivity index (χ3v) is 2.94. The molecule has 0 unspecified atom stereocenters. The lowest BCUT2D eigenvalue weighted by atomic mass is 10.0. The summed E-state index contributed by atoms with van der Waals surface area (Å²) in [4.78, 5) is 0. The molecule has 0 spiro atoms. The van der Waals surface area contributed by atoms with Crippen molar-refractivity contribution >= 4 is 11.6 Å². The van der Waals surface area contributed by atoms with Crippen LogP contribution in [0.3, 0.4) is 0 Å². The molecule has 0 N–H and O–H groups in total. The van der Waals surface area contributed by atoms with Gasteiger partial charge in [-0.15, -0.1) is 13.2 Å². The van der Waals surface area contributed by atoms with E-state index < -0.39 is 18.5 Å². The van der Waals surface area contributed by atoms with Crippen molar-refractivity contribution in [1.82, 2.24) is 0 Å². The Balaban J connectivity index is 2.36. The summed E-state index contributed by atoms with van der Waals surface area (Å²) in [6.45, 7) is 0. The van der Waals surface area contributed by atoms with Crippen molar-refractivity contribution in [2.45, 2.75) is 12.8 Å². The second kappa shape index (κ2) is 5.89. The highest BCUT2D eigenvalue weighted by Crippen LogP contribution is 2.34. The summed E-state index contributed by atoms with van der Waals surface area (Å²) in [6.07, 6.45) is -7.47. The third kappa shape index (κ3) is 4.07. The van der Waals surface area contributed by atoms with Gasteiger partial charge < -0.3 is 4.74 Å². The van der Waals surface area contributed by atoms with Crippen LogP contribution in [0.25, 0.3) is 11.1 Å². The molecule has 0 aliphatic rings. The standard InChI is InChI=1S/C14H8ClF5O/c15-12-7-9(13(16)17)4-5-11(12)8-2-1-3-10(6-8)21-14(18,19)20/h1-7,13H. The maximum Gasteiger partial charge on any atom is 0.573 e. The number of hydrogen-bond donors (Lipinski definition) is 0. The molecule has 0 saturated heterocycles. The molecule has 0 radical (unpaired) electrons. The van der Waals surface area contributed by atoms with E-state index in [0.29, 0.717) is 11.1 Å². The maximum atomic E-state index is 12.5. The lowest BCUT2D eigenvalue weighted by molar-refractivity contribution is -0.274. The topological polar surface area (TPSA) is 9.23 Å². The molecular formula is C14H8ClF5O.